The van der Waals surface area contributed by atoms with Crippen molar-refractivity contribution in [1.29, 1.82) is 0 Å². The Bertz CT molecular complexity index is 822. The quantitative estimate of drug-likeness (QED) is 0.535. The maximum absolute atomic E-state index is 12.7. The lowest BCUT2D eigenvalue weighted by atomic mass is 9.82. The van der Waals surface area contributed by atoms with Crippen molar-refractivity contribution in [2.24, 2.45) is 0 Å². The number of ketones is 2. The number of halogens is 3. The molecule has 112 valence electrons. The predicted molar refractivity (Wildman–Crippen MR) is 85.3 cm³/mol. The SMILES string of the molecule is Nc1c(Cl)c(Cl)c(N)c2c1C(=O)c1c(O)ccc(Cl)c1C2=O. The zero-order chi connectivity index (χ0) is 16.3. The average molecular weight is 358 g/mol. The number of benzene rings is 2. The van der Waals surface area contributed by atoms with E-state index in [1.807, 2.05) is 0 Å². The molecule has 3 rings (SSSR count). The van der Waals surface area contributed by atoms with E-state index < -0.39 is 11.6 Å². The number of anilines is 2. The third-order valence-corrected chi connectivity index (χ3v) is 4.69. The Morgan fingerprint density at radius 3 is 1.73 bits per heavy atom. The summed E-state index contributed by atoms with van der Waals surface area (Å²) in [6.45, 7) is 0. The van der Waals surface area contributed by atoms with E-state index in [2.05, 4.69) is 0 Å². The minimum atomic E-state index is -0.688. The molecule has 5 nitrogen and oxygen atoms in total. The zero-order valence-electron chi connectivity index (χ0n) is 10.7. The number of carbonyl (C=O) groups excluding carboxylic acids is 2. The average Bonchev–Trinajstić information content (AvgIpc) is 2.48. The monoisotopic (exact) mass is 356 g/mol. The first-order valence-electron chi connectivity index (χ1n) is 5.94. The molecule has 1 aliphatic rings. The molecule has 1 aliphatic carbocycles. The van der Waals surface area contributed by atoms with Crippen LogP contribution in [0.4, 0.5) is 11.4 Å². The minimum absolute atomic E-state index is 0.0147. The lowest BCUT2D eigenvalue weighted by molar-refractivity contribution is 0.0978. The number of phenols is 1. The van der Waals surface area contributed by atoms with Gasteiger partial charge in [-0.3, -0.25) is 9.59 Å². The number of aromatic hydroxyl groups is 1. The number of carbonyl (C=O) groups is 2. The van der Waals surface area contributed by atoms with Gasteiger partial charge in [0.1, 0.15) is 5.75 Å². The summed E-state index contributed by atoms with van der Waals surface area (Å²) in [4.78, 5) is 25.3. The van der Waals surface area contributed by atoms with Crippen molar-refractivity contribution in [3.8, 4) is 5.75 Å². The molecule has 0 bridgehead atoms. The highest BCUT2D eigenvalue weighted by atomic mass is 35.5. The molecular formula is C14H7Cl3N2O3. The largest absolute Gasteiger partial charge is 0.507 e. The second-order valence-electron chi connectivity index (χ2n) is 4.68. The number of fused-ring (bicyclic) bond motifs is 2. The van der Waals surface area contributed by atoms with Crippen LogP contribution < -0.4 is 11.5 Å². The fourth-order valence-electron chi connectivity index (χ4n) is 2.47. The molecule has 0 unspecified atom stereocenters. The van der Waals surface area contributed by atoms with Crippen molar-refractivity contribution >= 4 is 57.7 Å². The van der Waals surface area contributed by atoms with Gasteiger partial charge in [-0.1, -0.05) is 34.8 Å². The van der Waals surface area contributed by atoms with Crippen LogP contribution in [0, 0.1) is 0 Å². The van der Waals surface area contributed by atoms with Crippen LogP contribution >= 0.6 is 34.8 Å². The van der Waals surface area contributed by atoms with E-state index in [0.29, 0.717) is 0 Å². The Morgan fingerprint density at radius 1 is 0.773 bits per heavy atom. The van der Waals surface area contributed by atoms with Gasteiger partial charge in [0.25, 0.3) is 0 Å². The van der Waals surface area contributed by atoms with Crippen LogP contribution in [0.2, 0.25) is 15.1 Å². The van der Waals surface area contributed by atoms with Crippen LogP contribution in [0.25, 0.3) is 0 Å². The molecule has 0 aromatic heterocycles. The fraction of sp³-hybridized carbons (Fsp3) is 0. The summed E-state index contributed by atoms with van der Waals surface area (Å²) in [7, 11) is 0. The van der Waals surface area contributed by atoms with Gasteiger partial charge in [-0.05, 0) is 12.1 Å². The molecule has 0 spiro atoms. The van der Waals surface area contributed by atoms with Gasteiger partial charge < -0.3 is 16.6 Å². The van der Waals surface area contributed by atoms with Crippen LogP contribution in [0.15, 0.2) is 12.1 Å². The van der Waals surface area contributed by atoms with Crippen LogP contribution in [0.5, 0.6) is 5.75 Å². The molecule has 0 saturated carbocycles. The highest BCUT2D eigenvalue weighted by molar-refractivity contribution is 6.49. The Balaban J connectivity index is 2.50. The third kappa shape index (κ3) is 1.73. The van der Waals surface area contributed by atoms with Crippen molar-refractivity contribution in [1.82, 2.24) is 0 Å². The second-order valence-corrected chi connectivity index (χ2v) is 5.84. The molecule has 8 heteroatoms. The molecular weight excluding hydrogens is 351 g/mol. The molecule has 22 heavy (non-hydrogen) atoms. The Labute approximate surface area is 139 Å². The van der Waals surface area contributed by atoms with Gasteiger partial charge in [-0.25, -0.2) is 0 Å². The maximum atomic E-state index is 12.7. The van der Waals surface area contributed by atoms with E-state index in [4.69, 9.17) is 46.3 Å². The van der Waals surface area contributed by atoms with E-state index >= 15 is 0 Å². The first-order chi connectivity index (χ1) is 10.3. The van der Waals surface area contributed by atoms with E-state index in [0.717, 1.165) is 0 Å². The number of phenolic OH excluding ortho intramolecular Hbond substituents is 1. The third-order valence-electron chi connectivity index (χ3n) is 3.50. The van der Waals surface area contributed by atoms with Gasteiger partial charge in [0, 0.05) is 0 Å². The minimum Gasteiger partial charge on any atom is -0.507 e. The van der Waals surface area contributed by atoms with Gasteiger partial charge in [-0.2, -0.15) is 0 Å². The van der Waals surface area contributed by atoms with Crippen molar-refractivity contribution < 1.29 is 14.7 Å². The maximum Gasteiger partial charge on any atom is 0.200 e. The highest BCUT2D eigenvalue weighted by Crippen LogP contribution is 2.46. The second kappa shape index (κ2) is 4.78. The van der Waals surface area contributed by atoms with Crippen LogP contribution in [-0.4, -0.2) is 16.7 Å². The van der Waals surface area contributed by atoms with E-state index in [1.165, 1.54) is 12.1 Å². The Morgan fingerprint density at radius 2 is 1.23 bits per heavy atom. The summed E-state index contributed by atoms with van der Waals surface area (Å²) in [5.41, 5.74) is 10.6. The number of hydrogen-bond donors (Lipinski definition) is 3. The molecule has 0 amide bonds. The molecule has 0 atom stereocenters. The smallest absolute Gasteiger partial charge is 0.200 e. The summed E-state index contributed by atoms with van der Waals surface area (Å²) in [6, 6.07) is 2.53. The standard InChI is InChI=1S/C14H7Cl3N2O3/c15-3-1-2-4(20)6-5(3)13(21)7-8(14(6)22)12(19)10(17)9(16)11(7)18/h1-2,20H,18-19H2. The van der Waals surface area contributed by atoms with Crippen molar-refractivity contribution in [3.05, 3.63) is 49.5 Å². The summed E-state index contributed by atoms with van der Waals surface area (Å²) < 4.78 is 0. The molecule has 2 aromatic carbocycles. The van der Waals surface area contributed by atoms with Gasteiger partial charge >= 0.3 is 0 Å². The van der Waals surface area contributed by atoms with E-state index in [-0.39, 0.29) is 54.4 Å². The highest BCUT2D eigenvalue weighted by Gasteiger charge is 2.38. The van der Waals surface area contributed by atoms with E-state index in [9.17, 15) is 14.7 Å². The van der Waals surface area contributed by atoms with Crippen molar-refractivity contribution in [2.45, 2.75) is 0 Å². The van der Waals surface area contributed by atoms with Gasteiger partial charge in [0.2, 0.25) is 5.78 Å². The molecule has 0 fully saturated rings. The van der Waals surface area contributed by atoms with Gasteiger partial charge in [0.05, 0.1) is 48.7 Å². The fourth-order valence-corrected chi connectivity index (χ4v) is 3.10. The predicted octanol–water partition coefficient (Wildman–Crippen LogP) is 3.29. The number of nitrogen functional groups attached to an aromatic ring is 2. The Kier molecular flexibility index (Phi) is 3.25. The summed E-state index contributed by atoms with van der Waals surface area (Å²) in [5.74, 6) is -1.71. The number of nitrogens with two attached hydrogens (primary N) is 2. The lowest BCUT2D eigenvalue weighted by Crippen LogP contribution is -2.25. The number of rotatable bonds is 0. The van der Waals surface area contributed by atoms with Crippen molar-refractivity contribution in [3.63, 3.8) is 0 Å². The van der Waals surface area contributed by atoms with Gasteiger partial charge in [-0.15, -0.1) is 0 Å². The topological polar surface area (TPSA) is 106 Å². The Hall–Kier alpha value is -1.95. The first-order valence-corrected chi connectivity index (χ1v) is 7.07. The lowest BCUT2D eigenvalue weighted by Gasteiger charge is -2.23. The van der Waals surface area contributed by atoms with Crippen molar-refractivity contribution in [2.75, 3.05) is 11.5 Å². The normalized spacial score (nSPS) is 13.0. The summed E-state index contributed by atoms with van der Waals surface area (Å²) >= 11 is 17.9. The first kappa shape index (κ1) is 15.0. The molecule has 0 saturated heterocycles. The molecule has 2 aromatic rings. The number of hydrogen-bond acceptors (Lipinski definition) is 5. The summed E-state index contributed by atoms with van der Waals surface area (Å²) in [5, 5.41) is 9.70. The van der Waals surface area contributed by atoms with Crippen LogP contribution in [-0.2, 0) is 0 Å². The van der Waals surface area contributed by atoms with Crippen LogP contribution in [0.1, 0.15) is 31.8 Å². The molecule has 5 N–H and O–H groups in total. The molecule has 0 heterocycles. The van der Waals surface area contributed by atoms with Gasteiger partial charge in [0.15, 0.2) is 5.78 Å². The summed E-state index contributed by atoms with van der Waals surface area (Å²) in [6.07, 6.45) is 0. The molecule has 0 aliphatic heterocycles. The molecule has 0 radical (unpaired) electrons. The zero-order valence-corrected chi connectivity index (χ0v) is 13.0. The van der Waals surface area contributed by atoms with Crippen LogP contribution in [0.3, 0.4) is 0 Å². The van der Waals surface area contributed by atoms with E-state index in [1.54, 1.807) is 0 Å².